The molecule has 5 heteroatoms. The minimum Gasteiger partial charge on any atom is -0.354 e. The van der Waals surface area contributed by atoms with Gasteiger partial charge in [-0.25, -0.2) is 0 Å². The fourth-order valence-electron chi connectivity index (χ4n) is 4.76. The molecule has 1 saturated heterocycles. The number of aromatic amines is 1. The molecule has 0 bridgehead atoms. The zero-order chi connectivity index (χ0) is 20.4. The van der Waals surface area contributed by atoms with Crippen LogP contribution in [0.25, 0.3) is 0 Å². The number of nitrogens with one attached hydrogen (secondary N) is 2. The van der Waals surface area contributed by atoms with Crippen molar-refractivity contribution in [3.8, 4) is 0 Å². The molecular formula is C24H31N3O2. The Morgan fingerprint density at radius 2 is 1.97 bits per heavy atom. The van der Waals surface area contributed by atoms with Crippen molar-refractivity contribution >= 4 is 11.7 Å². The Morgan fingerprint density at radius 1 is 1.17 bits per heavy atom. The van der Waals surface area contributed by atoms with Gasteiger partial charge in [-0.15, -0.1) is 0 Å². The van der Waals surface area contributed by atoms with Crippen molar-refractivity contribution in [2.45, 2.75) is 71.5 Å². The van der Waals surface area contributed by atoms with Crippen molar-refractivity contribution in [3.05, 3.63) is 57.9 Å². The number of benzene rings is 1. The van der Waals surface area contributed by atoms with E-state index in [1.165, 1.54) is 24.8 Å². The molecule has 1 fully saturated rings. The monoisotopic (exact) mass is 393 g/mol. The average molecular weight is 394 g/mol. The number of carbonyl (C=O) groups is 2. The van der Waals surface area contributed by atoms with Gasteiger partial charge >= 0.3 is 0 Å². The third-order valence-corrected chi connectivity index (χ3v) is 6.54. The van der Waals surface area contributed by atoms with Crippen LogP contribution in [0.1, 0.15) is 82.3 Å². The lowest BCUT2D eigenvalue weighted by molar-refractivity contribution is 0.0944. The smallest absolute Gasteiger partial charge is 0.268 e. The van der Waals surface area contributed by atoms with E-state index in [0.29, 0.717) is 24.7 Å². The molecule has 1 aromatic carbocycles. The summed E-state index contributed by atoms with van der Waals surface area (Å²) in [4.78, 5) is 30.8. The molecule has 29 heavy (non-hydrogen) atoms. The highest BCUT2D eigenvalue weighted by molar-refractivity contribution is 6.04. The summed E-state index contributed by atoms with van der Waals surface area (Å²) >= 11 is 0. The molecule has 0 saturated carbocycles. The summed E-state index contributed by atoms with van der Waals surface area (Å²) in [6.45, 7) is 6.74. The van der Waals surface area contributed by atoms with Crippen LogP contribution in [0.3, 0.4) is 0 Å². The van der Waals surface area contributed by atoms with Gasteiger partial charge in [0.25, 0.3) is 5.91 Å². The number of aryl methyl sites for hydroxylation is 1. The zero-order valence-electron chi connectivity index (χ0n) is 17.5. The van der Waals surface area contributed by atoms with Gasteiger partial charge in [0, 0.05) is 36.8 Å². The first-order chi connectivity index (χ1) is 14.0. The highest BCUT2D eigenvalue weighted by atomic mass is 16.2. The lowest BCUT2D eigenvalue weighted by Gasteiger charge is -2.33. The minimum absolute atomic E-state index is 0.133. The Balaban J connectivity index is 1.46. The highest BCUT2D eigenvalue weighted by Gasteiger charge is 2.26. The van der Waals surface area contributed by atoms with Crippen LogP contribution in [-0.4, -0.2) is 34.2 Å². The number of likely N-dealkylation sites (tertiary alicyclic amines) is 1. The van der Waals surface area contributed by atoms with Crippen LogP contribution in [0.15, 0.2) is 24.3 Å². The number of hydrogen-bond acceptors (Lipinski definition) is 3. The molecule has 2 N–H and O–H groups in total. The molecule has 1 aromatic heterocycles. The normalized spacial score (nSPS) is 19.8. The molecule has 0 spiro atoms. The van der Waals surface area contributed by atoms with Crippen LogP contribution >= 0.6 is 0 Å². The van der Waals surface area contributed by atoms with Crippen molar-refractivity contribution in [2.24, 2.45) is 0 Å². The van der Waals surface area contributed by atoms with Gasteiger partial charge in [0.05, 0.1) is 0 Å². The van der Waals surface area contributed by atoms with E-state index in [1.807, 2.05) is 13.0 Å². The largest absolute Gasteiger partial charge is 0.354 e. The molecule has 2 aliphatic rings. The third-order valence-electron chi connectivity index (χ3n) is 6.54. The summed E-state index contributed by atoms with van der Waals surface area (Å²) in [5, 5.41) is 3.07. The molecule has 1 unspecified atom stereocenters. The van der Waals surface area contributed by atoms with Crippen LogP contribution in [0.4, 0.5) is 0 Å². The Kier molecular flexibility index (Phi) is 5.86. The van der Waals surface area contributed by atoms with E-state index in [9.17, 15) is 9.59 Å². The summed E-state index contributed by atoms with van der Waals surface area (Å²) in [5.74, 6) is 0.0193. The predicted octanol–water partition coefficient (Wildman–Crippen LogP) is 4.15. The van der Waals surface area contributed by atoms with Gasteiger partial charge in [-0.05, 0) is 62.8 Å². The summed E-state index contributed by atoms with van der Waals surface area (Å²) in [6, 6.07) is 8.98. The fourth-order valence-corrected chi connectivity index (χ4v) is 4.76. The second-order valence-corrected chi connectivity index (χ2v) is 8.52. The van der Waals surface area contributed by atoms with Crippen molar-refractivity contribution in [1.82, 2.24) is 15.2 Å². The van der Waals surface area contributed by atoms with Crippen molar-refractivity contribution < 1.29 is 9.59 Å². The van der Waals surface area contributed by atoms with E-state index >= 15 is 0 Å². The minimum atomic E-state index is -0.133. The summed E-state index contributed by atoms with van der Waals surface area (Å²) < 4.78 is 0. The Hall–Kier alpha value is -2.40. The van der Waals surface area contributed by atoms with E-state index in [1.54, 1.807) is 0 Å². The number of ketones is 1. The van der Waals surface area contributed by atoms with Crippen LogP contribution in [0.5, 0.6) is 0 Å². The summed E-state index contributed by atoms with van der Waals surface area (Å²) in [6.07, 6.45) is 6.11. The standard InChI is InChI=1S/C24H31N3O2/c1-16-8-5-6-13-27(16)15-19-10-4-3-9-18(19)14-25-24(29)23-17(2)22-20(26-23)11-7-12-21(22)28/h3-4,9-10,16,26H,5-8,11-15H2,1-2H3,(H,25,29). The Labute approximate surface area is 172 Å². The number of H-pyrrole nitrogens is 1. The van der Waals surface area contributed by atoms with Gasteiger partial charge in [0.1, 0.15) is 5.69 Å². The number of Topliss-reactive ketones (excluding diaryl/α,β-unsaturated/α-hetero) is 1. The molecule has 2 aromatic rings. The fraction of sp³-hybridized carbons (Fsp3) is 0.500. The van der Waals surface area contributed by atoms with Crippen LogP contribution < -0.4 is 5.32 Å². The maximum absolute atomic E-state index is 12.9. The second kappa shape index (κ2) is 8.54. The van der Waals surface area contributed by atoms with E-state index in [0.717, 1.165) is 48.3 Å². The first kappa shape index (κ1) is 19.9. The van der Waals surface area contributed by atoms with E-state index < -0.39 is 0 Å². The predicted molar refractivity (Wildman–Crippen MR) is 114 cm³/mol. The van der Waals surface area contributed by atoms with Gasteiger partial charge in [0.15, 0.2) is 5.78 Å². The Morgan fingerprint density at radius 3 is 2.72 bits per heavy atom. The molecular weight excluding hydrogens is 362 g/mol. The third kappa shape index (κ3) is 4.15. The van der Waals surface area contributed by atoms with Gasteiger partial charge in [-0.1, -0.05) is 30.7 Å². The van der Waals surface area contributed by atoms with Crippen molar-refractivity contribution in [3.63, 3.8) is 0 Å². The number of hydrogen-bond donors (Lipinski definition) is 2. The van der Waals surface area contributed by atoms with E-state index in [4.69, 9.17) is 0 Å². The average Bonchev–Trinajstić information content (AvgIpc) is 3.07. The molecule has 1 atom stereocenters. The number of carbonyl (C=O) groups excluding carboxylic acids is 2. The lowest BCUT2D eigenvalue weighted by Crippen LogP contribution is -2.37. The number of aromatic nitrogens is 1. The molecule has 2 heterocycles. The number of nitrogens with zero attached hydrogens (tertiary/aromatic N) is 1. The number of amides is 1. The van der Waals surface area contributed by atoms with Crippen LogP contribution in [0.2, 0.25) is 0 Å². The van der Waals surface area contributed by atoms with Crippen molar-refractivity contribution in [2.75, 3.05) is 6.54 Å². The van der Waals surface area contributed by atoms with Gasteiger partial charge in [0.2, 0.25) is 0 Å². The number of piperidine rings is 1. The van der Waals surface area contributed by atoms with Gasteiger partial charge in [-0.2, -0.15) is 0 Å². The quantitative estimate of drug-likeness (QED) is 0.802. The molecule has 5 nitrogen and oxygen atoms in total. The number of rotatable bonds is 5. The SMILES string of the molecule is Cc1c(C(=O)NCc2ccccc2CN2CCCCC2C)[nH]c2c1C(=O)CCC2. The first-order valence-electron chi connectivity index (χ1n) is 10.9. The van der Waals surface area contributed by atoms with Crippen LogP contribution in [-0.2, 0) is 19.5 Å². The van der Waals surface area contributed by atoms with Crippen molar-refractivity contribution in [1.29, 1.82) is 0 Å². The Bertz CT molecular complexity index is 915. The molecule has 4 rings (SSSR count). The zero-order valence-corrected chi connectivity index (χ0v) is 17.5. The molecule has 1 aliphatic carbocycles. The van der Waals surface area contributed by atoms with Crippen LogP contribution in [0, 0.1) is 6.92 Å². The van der Waals surface area contributed by atoms with Gasteiger partial charge in [-0.3, -0.25) is 14.5 Å². The molecule has 1 amide bonds. The first-order valence-corrected chi connectivity index (χ1v) is 10.9. The maximum atomic E-state index is 12.9. The second-order valence-electron chi connectivity index (χ2n) is 8.52. The van der Waals surface area contributed by atoms with E-state index in [2.05, 4.69) is 40.3 Å². The molecule has 0 radical (unpaired) electrons. The summed E-state index contributed by atoms with van der Waals surface area (Å²) in [7, 11) is 0. The van der Waals surface area contributed by atoms with Gasteiger partial charge < -0.3 is 10.3 Å². The molecule has 1 aliphatic heterocycles. The lowest BCUT2D eigenvalue weighted by atomic mass is 9.94. The summed E-state index contributed by atoms with van der Waals surface area (Å²) in [5.41, 5.74) is 5.41. The topological polar surface area (TPSA) is 65.2 Å². The molecule has 154 valence electrons. The number of fused-ring (bicyclic) bond motifs is 1. The maximum Gasteiger partial charge on any atom is 0.268 e. The highest BCUT2D eigenvalue weighted by Crippen LogP contribution is 2.26. The van der Waals surface area contributed by atoms with E-state index in [-0.39, 0.29) is 11.7 Å².